The van der Waals surface area contributed by atoms with Crippen LogP contribution in [-0.2, 0) is 0 Å². The van der Waals surface area contributed by atoms with Crippen LogP contribution in [0.3, 0.4) is 0 Å². The number of pyridine rings is 1. The first kappa shape index (κ1) is 13.0. The summed E-state index contributed by atoms with van der Waals surface area (Å²) in [6.07, 6.45) is 1.45. The molecule has 1 fully saturated rings. The van der Waals surface area contributed by atoms with E-state index in [0.29, 0.717) is 19.6 Å². The van der Waals surface area contributed by atoms with E-state index in [1.165, 1.54) is 6.07 Å². The molecule has 0 aliphatic carbocycles. The van der Waals surface area contributed by atoms with Crippen molar-refractivity contribution in [1.29, 1.82) is 0 Å². The number of nitrogens with one attached hydrogen (secondary N) is 1. The van der Waals surface area contributed by atoms with Crippen molar-refractivity contribution in [2.75, 3.05) is 31.5 Å². The van der Waals surface area contributed by atoms with Crippen LogP contribution in [0.25, 0.3) is 0 Å². The zero-order valence-corrected chi connectivity index (χ0v) is 10.1. The molecular weight excluding hydrogens is 240 g/mol. The van der Waals surface area contributed by atoms with Crippen molar-refractivity contribution in [3.8, 4) is 5.88 Å². The van der Waals surface area contributed by atoms with Gasteiger partial charge < -0.3 is 15.3 Å². The fourth-order valence-electron chi connectivity index (χ4n) is 1.95. The number of halogens is 2. The molecule has 0 bridgehead atoms. The van der Waals surface area contributed by atoms with Gasteiger partial charge in [0.1, 0.15) is 0 Å². The quantitative estimate of drug-likeness (QED) is 0.865. The van der Waals surface area contributed by atoms with Crippen LogP contribution >= 0.6 is 0 Å². The minimum atomic E-state index is -2.48. The van der Waals surface area contributed by atoms with Gasteiger partial charge in [-0.05, 0) is 6.07 Å². The first-order valence-electron chi connectivity index (χ1n) is 6.04. The lowest BCUT2D eigenvalue weighted by molar-refractivity contribution is -0.0543. The van der Waals surface area contributed by atoms with Gasteiger partial charge in [0.2, 0.25) is 5.88 Å². The van der Waals surface area contributed by atoms with Gasteiger partial charge in [-0.25, -0.2) is 13.8 Å². The van der Waals surface area contributed by atoms with E-state index in [0.717, 1.165) is 12.2 Å². The summed E-state index contributed by atoms with van der Waals surface area (Å²) >= 11 is 0. The number of likely N-dealkylation sites (tertiary alicyclic amines) is 1. The van der Waals surface area contributed by atoms with Gasteiger partial charge in [-0.3, -0.25) is 0 Å². The van der Waals surface area contributed by atoms with Crippen LogP contribution in [-0.4, -0.2) is 47.1 Å². The third-order valence-corrected chi connectivity index (χ3v) is 3.09. The highest BCUT2D eigenvalue weighted by Crippen LogP contribution is 2.27. The summed E-state index contributed by atoms with van der Waals surface area (Å²) in [4.78, 5) is 5.77. The summed E-state index contributed by atoms with van der Waals surface area (Å²) in [5, 5.41) is 12.2. The standard InChI is InChI=1S/C12H17F2N3O/c13-12(14)3-6-17(7-4-12)8-5-15-10-1-2-11(18)16-9-10/h1-2,9,15H,3-8H2,(H,16,18). The van der Waals surface area contributed by atoms with Gasteiger partial charge in [0, 0.05) is 45.1 Å². The topological polar surface area (TPSA) is 48.4 Å². The fourth-order valence-corrected chi connectivity index (χ4v) is 1.95. The maximum Gasteiger partial charge on any atom is 0.250 e. The summed E-state index contributed by atoms with van der Waals surface area (Å²) in [5.74, 6) is -2.50. The van der Waals surface area contributed by atoms with Gasteiger partial charge >= 0.3 is 0 Å². The van der Waals surface area contributed by atoms with Gasteiger partial charge in [-0.15, -0.1) is 0 Å². The second-order valence-corrected chi connectivity index (χ2v) is 4.53. The van der Waals surface area contributed by atoms with E-state index in [2.05, 4.69) is 10.3 Å². The van der Waals surface area contributed by atoms with Gasteiger partial charge in [0.05, 0.1) is 11.9 Å². The Morgan fingerprint density at radius 2 is 2.06 bits per heavy atom. The van der Waals surface area contributed by atoms with Crippen molar-refractivity contribution in [1.82, 2.24) is 9.88 Å². The van der Waals surface area contributed by atoms with Gasteiger partial charge in [0.15, 0.2) is 0 Å². The number of anilines is 1. The minimum Gasteiger partial charge on any atom is -0.493 e. The van der Waals surface area contributed by atoms with Crippen molar-refractivity contribution >= 4 is 5.69 Å². The average Bonchev–Trinajstić information content (AvgIpc) is 2.34. The molecule has 2 rings (SSSR count). The lowest BCUT2D eigenvalue weighted by Gasteiger charge is -2.31. The van der Waals surface area contributed by atoms with E-state index in [-0.39, 0.29) is 18.7 Å². The fraction of sp³-hybridized carbons (Fsp3) is 0.583. The number of aromatic nitrogens is 1. The lowest BCUT2D eigenvalue weighted by atomic mass is 10.1. The molecular formula is C12H17F2N3O. The number of hydrogen-bond donors (Lipinski definition) is 2. The molecule has 0 radical (unpaired) electrons. The first-order valence-corrected chi connectivity index (χ1v) is 6.04. The molecule has 0 spiro atoms. The summed E-state index contributed by atoms with van der Waals surface area (Å²) in [5.41, 5.74) is 0.815. The second-order valence-electron chi connectivity index (χ2n) is 4.53. The maximum absolute atomic E-state index is 12.9. The molecule has 0 atom stereocenters. The van der Waals surface area contributed by atoms with Crippen LogP contribution in [0, 0.1) is 0 Å². The zero-order valence-electron chi connectivity index (χ0n) is 10.1. The van der Waals surface area contributed by atoms with Crippen molar-refractivity contribution in [3.05, 3.63) is 18.3 Å². The number of hydrogen-bond acceptors (Lipinski definition) is 4. The molecule has 1 aromatic rings. The Hall–Kier alpha value is -1.43. The van der Waals surface area contributed by atoms with Crippen LogP contribution in [0.1, 0.15) is 12.8 Å². The smallest absolute Gasteiger partial charge is 0.250 e. The molecule has 4 nitrogen and oxygen atoms in total. The highest BCUT2D eigenvalue weighted by molar-refractivity contribution is 5.41. The molecule has 100 valence electrons. The second kappa shape index (κ2) is 5.48. The van der Waals surface area contributed by atoms with Crippen molar-refractivity contribution in [2.24, 2.45) is 0 Å². The highest BCUT2D eigenvalue weighted by Gasteiger charge is 2.33. The number of aromatic hydroxyl groups is 1. The van der Waals surface area contributed by atoms with Crippen LogP contribution in [0.4, 0.5) is 14.5 Å². The van der Waals surface area contributed by atoms with Crippen molar-refractivity contribution in [3.63, 3.8) is 0 Å². The SMILES string of the molecule is Oc1ccc(NCCN2CCC(F)(F)CC2)cn1. The van der Waals surface area contributed by atoms with Crippen LogP contribution in [0.5, 0.6) is 5.88 Å². The largest absolute Gasteiger partial charge is 0.493 e. The predicted octanol–water partition coefficient (Wildman–Crippen LogP) is 1.93. The summed E-state index contributed by atoms with van der Waals surface area (Å²) in [6.45, 7) is 2.31. The highest BCUT2D eigenvalue weighted by atomic mass is 19.3. The molecule has 2 heterocycles. The van der Waals surface area contributed by atoms with Gasteiger partial charge in [-0.1, -0.05) is 0 Å². The van der Waals surface area contributed by atoms with Crippen molar-refractivity contribution in [2.45, 2.75) is 18.8 Å². The Bertz CT molecular complexity index is 373. The van der Waals surface area contributed by atoms with E-state index in [1.54, 1.807) is 12.3 Å². The van der Waals surface area contributed by atoms with Crippen LogP contribution in [0.15, 0.2) is 18.3 Å². The monoisotopic (exact) mass is 257 g/mol. The van der Waals surface area contributed by atoms with Crippen LogP contribution < -0.4 is 5.32 Å². The summed E-state index contributed by atoms with van der Waals surface area (Å²) in [6, 6.07) is 3.23. The normalized spacial score (nSPS) is 19.7. The zero-order chi connectivity index (χ0) is 13.0. The average molecular weight is 257 g/mol. The Balaban J connectivity index is 1.68. The molecule has 0 saturated carbocycles. The molecule has 0 aromatic carbocycles. The number of nitrogens with zero attached hydrogens (tertiary/aromatic N) is 2. The predicted molar refractivity (Wildman–Crippen MR) is 65.0 cm³/mol. The van der Waals surface area contributed by atoms with E-state index in [1.807, 2.05) is 4.90 Å². The molecule has 0 amide bonds. The summed E-state index contributed by atoms with van der Waals surface area (Å²) in [7, 11) is 0. The first-order chi connectivity index (χ1) is 8.55. The van der Waals surface area contributed by atoms with E-state index in [4.69, 9.17) is 5.11 Å². The van der Waals surface area contributed by atoms with E-state index < -0.39 is 5.92 Å². The molecule has 6 heteroatoms. The molecule has 18 heavy (non-hydrogen) atoms. The van der Waals surface area contributed by atoms with E-state index >= 15 is 0 Å². The maximum atomic E-state index is 12.9. The Morgan fingerprint density at radius 1 is 1.33 bits per heavy atom. The Labute approximate surface area is 105 Å². The molecule has 2 N–H and O–H groups in total. The molecule has 0 unspecified atom stereocenters. The summed E-state index contributed by atoms with van der Waals surface area (Å²) < 4.78 is 25.9. The van der Waals surface area contributed by atoms with Gasteiger partial charge in [-0.2, -0.15) is 0 Å². The lowest BCUT2D eigenvalue weighted by Crippen LogP contribution is -2.41. The molecule has 1 saturated heterocycles. The molecule has 1 aromatic heterocycles. The number of alkyl halides is 2. The molecule has 1 aliphatic rings. The Kier molecular flexibility index (Phi) is 3.96. The van der Waals surface area contributed by atoms with Gasteiger partial charge in [0.25, 0.3) is 5.92 Å². The molecule has 1 aliphatic heterocycles. The van der Waals surface area contributed by atoms with E-state index in [9.17, 15) is 8.78 Å². The third kappa shape index (κ3) is 3.80. The third-order valence-electron chi connectivity index (χ3n) is 3.09. The number of rotatable bonds is 4. The number of piperidine rings is 1. The van der Waals surface area contributed by atoms with Crippen molar-refractivity contribution < 1.29 is 13.9 Å². The minimum absolute atomic E-state index is 0.0150. The van der Waals surface area contributed by atoms with Crippen LogP contribution in [0.2, 0.25) is 0 Å². The Morgan fingerprint density at radius 3 is 2.67 bits per heavy atom.